The van der Waals surface area contributed by atoms with Crippen molar-refractivity contribution in [1.82, 2.24) is 9.97 Å². The molecule has 0 spiro atoms. The molecule has 0 unspecified atom stereocenters. The summed E-state index contributed by atoms with van der Waals surface area (Å²) < 4.78 is 5.10. The Bertz CT molecular complexity index is 566. The summed E-state index contributed by atoms with van der Waals surface area (Å²) in [6, 6.07) is 7.18. The lowest BCUT2D eigenvalue weighted by molar-refractivity contribution is 0.415. The van der Waals surface area contributed by atoms with Crippen LogP contribution >= 0.6 is 11.6 Å². The third kappa shape index (κ3) is 2.61. The monoisotopic (exact) mass is 264 g/mol. The maximum Gasteiger partial charge on any atom is 0.493 e. The summed E-state index contributed by atoms with van der Waals surface area (Å²) in [6.45, 7) is 0. The van der Waals surface area contributed by atoms with E-state index in [2.05, 4.69) is 9.97 Å². The molecular weight excluding hydrogens is 254 g/mol. The van der Waals surface area contributed by atoms with Gasteiger partial charge in [-0.1, -0.05) is 23.7 Å². The van der Waals surface area contributed by atoms with Crippen molar-refractivity contribution >= 4 is 24.2 Å². The first-order valence-electron chi connectivity index (χ1n) is 5.15. The summed E-state index contributed by atoms with van der Waals surface area (Å²) >= 11 is 5.85. The molecule has 2 aromatic rings. The molecule has 92 valence electrons. The van der Waals surface area contributed by atoms with Crippen LogP contribution < -0.4 is 10.2 Å². The molecule has 7 heteroatoms. The normalized spacial score (nSPS) is 10.2. The van der Waals surface area contributed by atoms with Gasteiger partial charge in [0.15, 0.2) is 5.82 Å². The van der Waals surface area contributed by atoms with E-state index in [0.29, 0.717) is 11.6 Å². The highest BCUT2D eigenvalue weighted by atomic mass is 35.5. The van der Waals surface area contributed by atoms with Gasteiger partial charge in [0, 0.05) is 17.2 Å². The Balaban J connectivity index is 2.42. The van der Waals surface area contributed by atoms with Gasteiger partial charge in [-0.15, -0.1) is 0 Å². The maximum absolute atomic E-state index is 9.02. The SMILES string of the molecule is COc1cccc(-c2ncc(B(O)O)c(Cl)n2)c1. The molecule has 0 saturated carbocycles. The van der Waals surface area contributed by atoms with Gasteiger partial charge in [-0.3, -0.25) is 0 Å². The van der Waals surface area contributed by atoms with E-state index in [1.807, 2.05) is 6.07 Å². The molecule has 0 bridgehead atoms. The van der Waals surface area contributed by atoms with Crippen molar-refractivity contribution < 1.29 is 14.8 Å². The summed E-state index contributed by atoms with van der Waals surface area (Å²) in [5, 5.41) is 18.1. The molecule has 0 amide bonds. The summed E-state index contributed by atoms with van der Waals surface area (Å²) in [5.41, 5.74) is 0.804. The Kier molecular flexibility index (Phi) is 3.81. The number of aromatic nitrogens is 2. The molecule has 2 N–H and O–H groups in total. The number of rotatable bonds is 3. The van der Waals surface area contributed by atoms with Gasteiger partial charge >= 0.3 is 7.12 Å². The van der Waals surface area contributed by atoms with Gasteiger partial charge in [0.1, 0.15) is 10.9 Å². The molecular formula is C11H10BClN2O3. The summed E-state index contributed by atoms with van der Waals surface area (Å²) in [6.07, 6.45) is 1.29. The van der Waals surface area contributed by atoms with E-state index in [1.54, 1.807) is 25.3 Å². The number of ether oxygens (including phenoxy) is 1. The third-order valence-electron chi connectivity index (χ3n) is 2.37. The van der Waals surface area contributed by atoms with Gasteiger partial charge in [0.05, 0.1) is 7.11 Å². The van der Waals surface area contributed by atoms with Gasteiger partial charge in [-0.25, -0.2) is 9.97 Å². The van der Waals surface area contributed by atoms with E-state index in [4.69, 9.17) is 26.4 Å². The van der Waals surface area contributed by atoms with Crippen molar-refractivity contribution in [3.63, 3.8) is 0 Å². The quantitative estimate of drug-likeness (QED) is 0.623. The van der Waals surface area contributed by atoms with Gasteiger partial charge in [-0.2, -0.15) is 0 Å². The Morgan fingerprint density at radius 1 is 1.33 bits per heavy atom. The molecule has 1 heterocycles. The first kappa shape index (κ1) is 12.8. The van der Waals surface area contributed by atoms with E-state index in [-0.39, 0.29) is 10.6 Å². The lowest BCUT2D eigenvalue weighted by atomic mass is 9.83. The predicted octanol–water partition coefficient (Wildman–Crippen LogP) is 0.485. The largest absolute Gasteiger partial charge is 0.497 e. The van der Waals surface area contributed by atoms with E-state index < -0.39 is 7.12 Å². The van der Waals surface area contributed by atoms with Crippen LogP contribution in [0.2, 0.25) is 5.15 Å². The number of nitrogens with zero attached hydrogens (tertiary/aromatic N) is 2. The van der Waals surface area contributed by atoms with Gasteiger partial charge < -0.3 is 14.8 Å². The first-order chi connectivity index (χ1) is 8.61. The average molecular weight is 264 g/mol. The lowest BCUT2D eigenvalue weighted by Gasteiger charge is -2.06. The Hall–Kier alpha value is -1.63. The lowest BCUT2D eigenvalue weighted by Crippen LogP contribution is -2.32. The van der Waals surface area contributed by atoms with E-state index in [0.717, 1.165) is 5.56 Å². The topological polar surface area (TPSA) is 75.5 Å². The second kappa shape index (κ2) is 5.35. The van der Waals surface area contributed by atoms with Gasteiger partial charge in [0.25, 0.3) is 0 Å². The minimum atomic E-state index is -1.68. The summed E-state index contributed by atoms with van der Waals surface area (Å²) in [7, 11) is -0.116. The number of halogens is 1. The summed E-state index contributed by atoms with van der Waals surface area (Å²) in [5.74, 6) is 1.07. The third-order valence-corrected chi connectivity index (χ3v) is 2.68. The number of benzene rings is 1. The van der Waals surface area contributed by atoms with E-state index in [9.17, 15) is 0 Å². The minimum Gasteiger partial charge on any atom is -0.497 e. The number of hydrogen-bond acceptors (Lipinski definition) is 5. The molecule has 2 rings (SSSR count). The first-order valence-corrected chi connectivity index (χ1v) is 5.52. The fourth-order valence-electron chi connectivity index (χ4n) is 1.44. The molecule has 0 aliphatic carbocycles. The van der Waals surface area contributed by atoms with Crippen LogP contribution in [-0.4, -0.2) is 34.2 Å². The maximum atomic E-state index is 9.02. The zero-order chi connectivity index (χ0) is 13.1. The van der Waals surface area contributed by atoms with Crippen LogP contribution in [0.25, 0.3) is 11.4 Å². The van der Waals surface area contributed by atoms with Gasteiger partial charge in [-0.05, 0) is 12.1 Å². The van der Waals surface area contributed by atoms with Crippen LogP contribution in [0, 0.1) is 0 Å². The molecule has 0 saturated heterocycles. The highest BCUT2D eigenvalue weighted by Crippen LogP contribution is 2.21. The minimum absolute atomic E-state index is 0.0119. The Morgan fingerprint density at radius 2 is 2.11 bits per heavy atom. The Labute approximate surface area is 109 Å². The van der Waals surface area contributed by atoms with E-state index >= 15 is 0 Å². The van der Waals surface area contributed by atoms with Crippen molar-refractivity contribution in [2.24, 2.45) is 0 Å². The van der Waals surface area contributed by atoms with Gasteiger partial charge in [0.2, 0.25) is 0 Å². The van der Waals surface area contributed by atoms with Crippen LogP contribution in [0.1, 0.15) is 0 Å². The molecule has 5 nitrogen and oxygen atoms in total. The van der Waals surface area contributed by atoms with Crippen molar-refractivity contribution in [1.29, 1.82) is 0 Å². The van der Waals surface area contributed by atoms with Crippen LogP contribution in [0.5, 0.6) is 5.75 Å². The Morgan fingerprint density at radius 3 is 2.72 bits per heavy atom. The molecule has 0 aliphatic rings. The molecule has 1 aromatic heterocycles. The highest BCUT2D eigenvalue weighted by molar-refractivity contribution is 6.62. The molecule has 18 heavy (non-hydrogen) atoms. The zero-order valence-electron chi connectivity index (χ0n) is 9.54. The second-order valence-corrected chi connectivity index (χ2v) is 3.90. The molecule has 0 atom stereocenters. The zero-order valence-corrected chi connectivity index (χ0v) is 10.3. The average Bonchev–Trinajstić information content (AvgIpc) is 2.38. The summed E-state index contributed by atoms with van der Waals surface area (Å²) in [4.78, 5) is 8.05. The molecule has 0 fully saturated rings. The molecule has 0 radical (unpaired) electrons. The van der Waals surface area contributed by atoms with Crippen LogP contribution in [0.15, 0.2) is 30.5 Å². The van der Waals surface area contributed by atoms with Crippen molar-refractivity contribution in [2.75, 3.05) is 7.11 Å². The van der Waals surface area contributed by atoms with E-state index in [1.165, 1.54) is 6.20 Å². The smallest absolute Gasteiger partial charge is 0.493 e. The molecule has 1 aromatic carbocycles. The standard InChI is InChI=1S/C11H10BClN2O3/c1-18-8-4-2-3-7(5-8)11-14-6-9(12(16)17)10(13)15-11/h2-6,16-17H,1H3. The van der Waals surface area contributed by atoms with Crippen molar-refractivity contribution in [3.05, 3.63) is 35.6 Å². The fourth-order valence-corrected chi connectivity index (χ4v) is 1.67. The predicted molar refractivity (Wildman–Crippen MR) is 68.9 cm³/mol. The van der Waals surface area contributed by atoms with Crippen LogP contribution in [-0.2, 0) is 0 Å². The van der Waals surface area contributed by atoms with Crippen LogP contribution in [0.3, 0.4) is 0 Å². The molecule has 0 aliphatic heterocycles. The van der Waals surface area contributed by atoms with Crippen LogP contribution in [0.4, 0.5) is 0 Å². The second-order valence-electron chi connectivity index (χ2n) is 3.55. The fraction of sp³-hybridized carbons (Fsp3) is 0.0909. The number of hydrogen-bond donors (Lipinski definition) is 2. The van der Waals surface area contributed by atoms with Crippen molar-refractivity contribution in [3.8, 4) is 17.1 Å². The van der Waals surface area contributed by atoms with Crippen molar-refractivity contribution in [2.45, 2.75) is 0 Å². The number of methoxy groups -OCH3 is 1. The highest BCUT2D eigenvalue weighted by Gasteiger charge is 2.17.